The molecule has 0 saturated heterocycles. The van der Waals surface area contributed by atoms with Crippen molar-refractivity contribution in [3.05, 3.63) is 52.5 Å². The molecular formula is C15H19N3O5S. The van der Waals surface area contributed by atoms with Crippen molar-refractivity contribution in [1.82, 2.24) is 4.72 Å². The van der Waals surface area contributed by atoms with Crippen LogP contribution in [0, 0.1) is 10.1 Å². The fourth-order valence-electron chi connectivity index (χ4n) is 2.22. The molecule has 0 saturated carbocycles. The summed E-state index contributed by atoms with van der Waals surface area (Å²) in [7, 11) is -2.48. The first-order chi connectivity index (χ1) is 11.3. The van der Waals surface area contributed by atoms with Gasteiger partial charge < -0.3 is 9.73 Å². The summed E-state index contributed by atoms with van der Waals surface area (Å²) in [6.45, 7) is 1.89. The number of sulfonamides is 1. The number of hydrogen-bond acceptors (Lipinski definition) is 6. The van der Waals surface area contributed by atoms with Gasteiger partial charge in [-0.25, -0.2) is 13.1 Å². The molecule has 8 nitrogen and oxygen atoms in total. The summed E-state index contributed by atoms with van der Waals surface area (Å²) in [5, 5.41) is 14.3. The third-order valence-corrected chi connectivity index (χ3v) is 4.96. The number of nitrogens with zero attached hydrogens (tertiary/aromatic N) is 1. The van der Waals surface area contributed by atoms with Crippen LogP contribution in [0.2, 0.25) is 0 Å². The fraction of sp³-hybridized carbons (Fsp3) is 0.333. The van der Waals surface area contributed by atoms with E-state index in [0.717, 1.165) is 11.8 Å². The van der Waals surface area contributed by atoms with E-state index >= 15 is 0 Å². The molecule has 2 rings (SSSR count). The van der Waals surface area contributed by atoms with E-state index < -0.39 is 14.9 Å². The minimum atomic E-state index is -3.73. The quantitative estimate of drug-likeness (QED) is 0.557. The first-order valence-corrected chi connectivity index (χ1v) is 8.82. The zero-order valence-electron chi connectivity index (χ0n) is 13.4. The number of furan rings is 1. The smallest absolute Gasteiger partial charge is 0.293 e. The summed E-state index contributed by atoms with van der Waals surface area (Å²) in [6.07, 6.45) is 3.00. The highest BCUT2D eigenvalue weighted by Crippen LogP contribution is 2.28. The summed E-state index contributed by atoms with van der Waals surface area (Å²) in [5.74, 6) is 0.841. The molecule has 2 N–H and O–H groups in total. The zero-order valence-corrected chi connectivity index (χ0v) is 14.2. The molecule has 0 radical (unpaired) electrons. The lowest BCUT2D eigenvalue weighted by Crippen LogP contribution is -2.20. The van der Waals surface area contributed by atoms with E-state index in [0.29, 0.717) is 12.8 Å². The van der Waals surface area contributed by atoms with Gasteiger partial charge in [0.05, 0.1) is 16.1 Å². The topological polar surface area (TPSA) is 114 Å². The van der Waals surface area contributed by atoms with E-state index in [2.05, 4.69) is 10.0 Å². The largest absolute Gasteiger partial charge is 0.469 e. The van der Waals surface area contributed by atoms with Gasteiger partial charge in [-0.2, -0.15) is 0 Å². The number of rotatable bonds is 8. The Hall–Kier alpha value is -2.39. The van der Waals surface area contributed by atoms with Crippen LogP contribution in [0.25, 0.3) is 0 Å². The van der Waals surface area contributed by atoms with Gasteiger partial charge in [-0.05, 0) is 44.7 Å². The van der Waals surface area contributed by atoms with Crippen molar-refractivity contribution in [2.75, 3.05) is 12.4 Å². The van der Waals surface area contributed by atoms with Crippen molar-refractivity contribution < 1.29 is 17.8 Å². The maximum atomic E-state index is 11.8. The van der Waals surface area contributed by atoms with Crippen molar-refractivity contribution in [3.63, 3.8) is 0 Å². The molecule has 2 aromatic rings. The Morgan fingerprint density at radius 3 is 2.67 bits per heavy atom. The van der Waals surface area contributed by atoms with Crippen LogP contribution in [0.3, 0.4) is 0 Å². The minimum absolute atomic E-state index is 0.0550. The number of hydrogen-bond donors (Lipinski definition) is 2. The first kappa shape index (κ1) is 18.0. The number of nitro benzene ring substituents is 1. The third kappa shape index (κ3) is 4.33. The van der Waals surface area contributed by atoms with Crippen LogP contribution < -0.4 is 10.0 Å². The van der Waals surface area contributed by atoms with Gasteiger partial charge in [0.15, 0.2) is 0 Å². The van der Waals surface area contributed by atoms with Gasteiger partial charge in [-0.3, -0.25) is 10.1 Å². The van der Waals surface area contributed by atoms with Crippen LogP contribution in [-0.2, 0) is 16.4 Å². The van der Waals surface area contributed by atoms with Crippen molar-refractivity contribution in [2.24, 2.45) is 0 Å². The molecule has 1 unspecified atom stereocenters. The molecule has 0 amide bonds. The summed E-state index contributed by atoms with van der Waals surface area (Å²) >= 11 is 0. The number of aryl methyl sites for hydroxylation is 1. The number of anilines is 1. The van der Waals surface area contributed by atoms with Crippen molar-refractivity contribution >= 4 is 21.4 Å². The molecule has 130 valence electrons. The van der Waals surface area contributed by atoms with E-state index in [1.54, 1.807) is 12.3 Å². The fourth-order valence-corrected chi connectivity index (χ4v) is 2.97. The molecule has 0 spiro atoms. The summed E-state index contributed by atoms with van der Waals surface area (Å²) in [4.78, 5) is 10.5. The Balaban J connectivity index is 2.15. The van der Waals surface area contributed by atoms with Crippen LogP contribution in [0.15, 0.2) is 45.9 Å². The second-order valence-electron chi connectivity index (χ2n) is 5.31. The SMILES string of the molecule is CNS(=O)(=O)c1ccc(NC(C)CCc2ccco2)c([N+](=O)[O-])c1. The van der Waals surface area contributed by atoms with Crippen LogP contribution >= 0.6 is 0 Å². The highest BCUT2D eigenvalue weighted by atomic mass is 32.2. The molecule has 0 aliphatic carbocycles. The standard InChI is InChI=1S/C15H19N3O5S/c1-11(5-6-12-4-3-9-23-12)17-14-8-7-13(24(21,22)16-2)10-15(14)18(19)20/h3-4,7-11,16-17H,5-6H2,1-2H3. The molecule has 0 aliphatic heterocycles. The Morgan fingerprint density at radius 2 is 2.08 bits per heavy atom. The third-order valence-electron chi connectivity index (χ3n) is 3.55. The molecular weight excluding hydrogens is 334 g/mol. The number of benzene rings is 1. The van der Waals surface area contributed by atoms with E-state index in [1.807, 2.05) is 13.0 Å². The summed E-state index contributed by atoms with van der Waals surface area (Å²) < 4.78 is 30.9. The van der Waals surface area contributed by atoms with Crippen molar-refractivity contribution in [1.29, 1.82) is 0 Å². The van der Waals surface area contributed by atoms with E-state index in [4.69, 9.17) is 4.42 Å². The Kier molecular flexibility index (Phi) is 5.58. The lowest BCUT2D eigenvalue weighted by Gasteiger charge is -2.15. The second-order valence-corrected chi connectivity index (χ2v) is 7.19. The molecule has 1 aromatic heterocycles. The Bertz CT molecular complexity index is 803. The van der Waals surface area contributed by atoms with Crippen LogP contribution in [0.4, 0.5) is 11.4 Å². The minimum Gasteiger partial charge on any atom is -0.469 e. The van der Waals surface area contributed by atoms with E-state index in [9.17, 15) is 18.5 Å². The van der Waals surface area contributed by atoms with E-state index in [-0.39, 0.29) is 22.3 Å². The van der Waals surface area contributed by atoms with Gasteiger partial charge in [-0.15, -0.1) is 0 Å². The van der Waals surface area contributed by atoms with Gasteiger partial charge in [0.2, 0.25) is 10.0 Å². The van der Waals surface area contributed by atoms with Crippen LogP contribution in [-0.4, -0.2) is 26.4 Å². The van der Waals surface area contributed by atoms with Gasteiger partial charge >= 0.3 is 0 Å². The average Bonchev–Trinajstić information content (AvgIpc) is 3.06. The predicted octanol–water partition coefficient (Wildman–Crippen LogP) is 2.53. The normalized spacial score (nSPS) is 12.8. The molecule has 0 bridgehead atoms. The second kappa shape index (κ2) is 7.45. The number of nitro groups is 1. The highest BCUT2D eigenvalue weighted by molar-refractivity contribution is 7.89. The molecule has 1 aromatic carbocycles. The maximum absolute atomic E-state index is 11.8. The Labute approximate surface area is 140 Å². The summed E-state index contributed by atoms with van der Waals surface area (Å²) in [5.41, 5.74) is -0.00169. The molecule has 1 heterocycles. The average molecular weight is 353 g/mol. The lowest BCUT2D eigenvalue weighted by atomic mass is 10.1. The van der Waals surface area contributed by atoms with Crippen molar-refractivity contribution in [3.8, 4) is 0 Å². The predicted molar refractivity (Wildman–Crippen MR) is 89.5 cm³/mol. The lowest BCUT2D eigenvalue weighted by molar-refractivity contribution is -0.384. The van der Waals surface area contributed by atoms with Gasteiger partial charge in [-0.1, -0.05) is 0 Å². The molecule has 0 aliphatic rings. The number of nitrogens with one attached hydrogen (secondary N) is 2. The molecule has 0 fully saturated rings. The molecule has 1 atom stereocenters. The maximum Gasteiger partial charge on any atom is 0.293 e. The van der Waals surface area contributed by atoms with E-state index in [1.165, 1.54) is 19.2 Å². The summed E-state index contributed by atoms with van der Waals surface area (Å²) in [6, 6.07) is 7.41. The molecule has 24 heavy (non-hydrogen) atoms. The van der Waals surface area contributed by atoms with Gasteiger partial charge in [0.1, 0.15) is 11.4 Å². The van der Waals surface area contributed by atoms with Gasteiger partial charge in [0, 0.05) is 18.5 Å². The van der Waals surface area contributed by atoms with Crippen LogP contribution in [0.5, 0.6) is 0 Å². The molecule has 9 heteroatoms. The van der Waals surface area contributed by atoms with Crippen LogP contribution in [0.1, 0.15) is 19.1 Å². The van der Waals surface area contributed by atoms with Crippen molar-refractivity contribution in [2.45, 2.75) is 30.7 Å². The highest BCUT2D eigenvalue weighted by Gasteiger charge is 2.21. The Morgan fingerprint density at radius 1 is 1.33 bits per heavy atom. The van der Waals surface area contributed by atoms with Gasteiger partial charge in [0.25, 0.3) is 5.69 Å². The monoisotopic (exact) mass is 353 g/mol. The first-order valence-electron chi connectivity index (χ1n) is 7.34. The zero-order chi connectivity index (χ0) is 17.7.